The minimum atomic E-state index is -3.17. The summed E-state index contributed by atoms with van der Waals surface area (Å²) in [6, 6.07) is 14.1. The molecule has 2 aliphatic carbocycles. The Kier molecular flexibility index (Phi) is 9.54. The first kappa shape index (κ1) is 33.7. The smallest absolute Gasteiger partial charge is 0.285 e. The van der Waals surface area contributed by atoms with Crippen molar-refractivity contribution >= 4 is 27.1 Å². The summed E-state index contributed by atoms with van der Waals surface area (Å²) in [6.07, 6.45) is 12.6. The van der Waals surface area contributed by atoms with Crippen LogP contribution in [0.4, 0.5) is 5.69 Å². The van der Waals surface area contributed by atoms with Crippen molar-refractivity contribution in [3.05, 3.63) is 88.8 Å². The van der Waals surface area contributed by atoms with Crippen molar-refractivity contribution in [2.24, 2.45) is 23.2 Å². The van der Waals surface area contributed by atoms with Gasteiger partial charge in [-0.25, -0.2) is 4.21 Å². The Morgan fingerprint density at radius 3 is 2.80 bits per heavy atom. The second-order valence-electron chi connectivity index (χ2n) is 14.6. The topological polar surface area (TPSA) is 103 Å². The molecule has 0 saturated heterocycles. The third kappa shape index (κ3) is 6.99. The number of allylic oxidation sites excluding steroid dienone is 1. The van der Waals surface area contributed by atoms with Gasteiger partial charge in [0, 0.05) is 62.3 Å². The molecular formula is C39H48N4O5S. The summed E-state index contributed by atoms with van der Waals surface area (Å²) in [5.41, 5.74) is 5.84. The molecule has 9 nitrogen and oxygen atoms in total. The highest BCUT2D eigenvalue weighted by Gasteiger charge is 2.44. The summed E-state index contributed by atoms with van der Waals surface area (Å²) in [6.45, 7) is 4.32. The molecule has 3 heterocycles. The number of ether oxygens (including phenoxy) is 2. The van der Waals surface area contributed by atoms with E-state index in [1.54, 1.807) is 37.2 Å². The van der Waals surface area contributed by atoms with Crippen LogP contribution in [0.25, 0.3) is 0 Å². The van der Waals surface area contributed by atoms with Gasteiger partial charge in [-0.15, -0.1) is 0 Å². The van der Waals surface area contributed by atoms with Crippen LogP contribution in [0.3, 0.4) is 0 Å². The molecule has 0 radical (unpaired) electrons. The maximum absolute atomic E-state index is 14.4. The number of hydrogen-bond acceptors (Lipinski definition) is 7. The van der Waals surface area contributed by atoms with Crippen LogP contribution in [0.5, 0.6) is 5.75 Å². The molecule has 1 saturated carbocycles. The monoisotopic (exact) mass is 684 g/mol. The van der Waals surface area contributed by atoms with Gasteiger partial charge >= 0.3 is 0 Å². The lowest BCUT2D eigenvalue weighted by Crippen LogP contribution is -2.49. The molecule has 4 aliphatic rings. The van der Waals surface area contributed by atoms with Gasteiger partial charge in [-0.2, -0.15) is 9.46 Å². The molecule has 0 unspecified atom stereocenters. The van der Waals surface area contributed by atoms with Gasteiger partial charge in [0.05, 0.1) is 33.9 Å². The van der Waals surface area contributed by atoms with Crippen LogP contribution in [-0.4, -0.2) is 70.1 Å². The number of aryl methyl sites for hydroxylation is 3. The first-order chi connectivity index (χ1) is 23.6. The molecule has 1 amide bonds. The number of rotatable bonds is 5. The van der Waals surface area contributed by atoms with E-state index in [4.69, 9.17) is 9.47 Å². The van der Waals surface area contributed by atoms with E-state index in [1.165, 1.54) is 16.7 Å². The molecule has 2 aromatic carbocycles. The highest BCUT2D eigenvalue weighted by Crippen LogP contribution is 2.47. The Morgan fingerprint density at radius 2 is 2.02 bits per heavy atom. The lowest BCUT2D eigenvalue weighted by atomic mass is 9.68. The van der Waals surface area contributed by atoms with Crippen molar-refractivity contribution in [2.75, 3.05) is 43.2 Å². The summed E-state index contributed by atoms with van der Waals surface area (Å²) in [7, 11) is 0.383. The fourth-order valence-corrected chi connectivity index (χ4v) is 10.4. The highest BCUT2D eigenvalue weighted by atomic mass is 32.2. The summed E-state index contributed by atoms with van der Waals surface area (Å²) in [4.78, 5) is 29.5. The van der Waals surface area contributed by atoms with Crippen LogP contribution in [0.2, 0.25) is 0 Å². The number of methoxy groups -OCH3 is 1. The van der Waals surface area contributed by atoms with Gasteiger partial charge in [0.2, 0.25) is 0 Å². The zero-order valence-electron chi connectivity index (χ0n) is 28.9. The predicted octanol–water partition coefficient (Wildman–Crippen LogP) is 6.01. The zero-order chi connectivity index (χ0) is 34.2. The normalized spacial score (nSPS) is 29.1. The SMILES string of the molecule is CO[C@H]1/C=C/CCC[S@@](=O)(CC(=O)Cc2ccnn2C)=NC(=O)c2ccc3c(c2)N(C[C@@H]2CC[C@H]21)C[C@@]1(CCCc2cc(C)ccc21)CO3. The number of nitrogens with zero attached hydrogens (tertiary/aromatic N) is 4. The fraction of sp³-hybridized carbons (Fsp3) is 0.513. The van der Waals surface area contributed by atoms with E-state index in [0.29, 0.717) is 36.8 Å². The van der Waals surface area contributed by atoms with Crippen molar-refractivity contribution < 1.29 is 23.3 Å². The van der Waals surface area contributed by atoms with Crippen molar-refractivity contribution in [2.45, 2.75) is 69.8 Å². The van der Waals surface area contributed by atoms with Crippen LogP contribution in [0, 0.1) is 18.8 Å². The zero-order valence-corrected chi connectivity index (χ0v) is 29.8. The number of hydrogen-bond donors (Lipinski definition) is 0. The number of aromatic nitrogens is 2. The van der Waals surface area contributed by atoms with E-state index < -0.39 is 15.6 Å². The Morgan fingerprint density at radius 1 is 1.14 bits per heavy atom. The summed E-state index contributed by atoms with van der Waals surface area (Å²) in [5, 5.41) is 4.15. The lowest BCUT2D eigenvalue weighted by Gasteiger charge is -2.46. The first-order valence-corrected chi connectivity index (χ1v) is 19.6. The van der Waals surface area contributed by atoms with Gasteiger partial charge in [-0.05, 0) is 99.1 Å². The maximum atomic E-state index is 14.4. The molecule has 2 bridgehead atoms. The number of anilines is 1. The van der Waals surface area contributed by atoms with Crippen LogP contribution < -0.4 is 9.64 Å². The minimum Gasteiger partial charge on any atom is -0.490 e. The number of fused-ring (bicyclic) bond motifs is 4. The minimum absolute atomic E-state index is 0.0101. The largest absolute Gasteiger partial charge is 0.490 e. The predicted molar refractivity (Wildman–Crippen MR) is 192 cm³/mol. The molecule has 5 atom stereocenters. The van der Waals surface area contributed by atoms with Crippen LogP contribution >= 0.6 is 0 Å². The molecule has 49 heavy (non-hydrogen) atoms. The maximum Gasteiger partial charge on any atom is 0.285 e. The molecule has 0 N–H and O–H groups in total. The quantitative estimate of drug-likeness (QED) is 0.303. The number of Topliss-reactive ketones (excluding diaryl/α,β-unsaturated/α-hetero) is 1. The van der Waals surface area contributed by atoms with E-state index in [1.807, 2.05) is 12.1 Å². The molecule has 1 spiro atoms. The Balaban J connectivity index is 1.27. The van der Waals surface area contributed by atoms with Crippen molar-refractivity contribution in [1.29, 1.82) is 0 Å². The van der Waals surface area contributed by atoms with E-state index in [2.05, 4.69) is 51.6 Å². The van der Waals surface area contributed by atoms with Gasteiger partial charge in [-0.3, -0.25) is 14.3 Å². The third-order valence-electron chi connectivity index (χ3n) is 11.2. The Hall–Kier alpha value is -3.76. The summed E-state index contributed by atoms with van der Waals surface area (Å²) >= 11 is 0. The Bertz CT molecular complexity index is 1890. The van der Waals surface area contributed by atoms with Gasteiger partial charge in [0.25, 0.3) is 5.91 Å². The standard InChI is InChI=1S/C39H48N4O5S/c1-27-10-14-34-28(20-27)8-7-17-39(34)25-43-23-30-11-13-33(30)36(47-3)9-5-4-6-19-49(46,24-32(44)22-31-16-18-40-42(31)2)41-38(45)29-12-15-37(48-26-39)35(43)21-29/h5,9-10,12,14-16,18,20-21,30,33,36H,4,6-8,11,13,17,19,22-26H2,1-3H3/b9-5+/t30-,33+,36-,39-,49+/m0/s1. The molecular weight excluding hydrogens is 637 g/mol. The molecule has 260 valence electrons. The molecule has 2 aliphatic heterocycles. The van der Waals surface area contributed by atoms with Crippen molar-refractivity contribution in [3.63, 3.8) is 0 Å². The van der Waals surface area contributed by atoms with Crippen molar-refractivity contribution in [1.82, 2.24) is 9.78 Å². The molecule has 10 heteroatoms. The van der Waals surface area contributed by atoms with Gasteiger partial charge in [0.1, 0.15) is 5.75 Å². The lowest BCUT2D eigenvalue weighted by molar-refractivity contribution is -0.116. The number of amides is 1. The number of ketones is 1. The second kappa shape index (κ2) is 13.9. The molecule has 7 rings (SSSR count). The molecule has 1 aromatic heterocycles. The van der Waals surface area contributed by atoms with Gasteiger partial charge in [-0.1, -0.05) is 35.9 Å². The van der Waals surface area contributed by atoms with Crippen LogP contribution in [-0.2, 0) is 44.6 Å². The summed E-state index contributed by atoms with van der Waals surface area (Å²) < 4.78 is 33.1. The first-order valence-electron chi connectivity index (χ1n) is 17.7. The van der Waals surface area contributed by atoms with Crippen LogP contribution in [0.1, 0.15) is 71.3 Å². The van der Waals surface area contributed by atoms with Crippen molar-refractivity contribution in [3.8, 4) is 5.75 Å². The Labute approximate surface area is 290 Å². The average molecular weight is 685 g/mol. The molecule has 1 fully saturated rings. The van der Waals surface area contributed by atoms with Crippen LogP contribution in [0.15, 0.2) is 65.2 Å². The highest BCUT2D eigenvalue weighted by molar-refractivity contribution is 7.94. The molecule has 3 aromatic rings. The average Bonchev–Trinajstić information content (AvgIpc) is 3.39. The number of carbonyl (C=O) groups is 2. The van der Waals surface area contributed by atoms with E-state index in [9.17, 15) is 13.8 Å². The van der Waals surface area contributed by atoms with Gasteiger partial charge < -0.3 is 14.4 Å². The van der Waals surface area contributed by atoms with Gasteiger partial charge in [0.15, 0.2) is 5.78 Å². The third-order valence-corrected chi connectivity index (χ3v) is 13.4. The van der Waals surface area contributed by atoms with E-state index >= 15 is 0 Å². The second-order valence-corrected chi connectivity index (χ2v) is 17.0. The summed E-state index contributed by atoms with van der Waals surface area (Å²) in [5.74, 6) is 0.667. The fourth-order valence-electron chi connectivity index (χ4n) is 8.43. The van der Waals surface area contributed by atoms with E-state index in [-0.39, 0.29) is 35.2 Å². The number of benzene rings is 2. The number of carbonyl (C=O) groups excluding carboxylic acids is 2. The van der Waals surface area contributed by atoms with E-state index in [0.717, 1.165) is 62.3 Å².